The van der Waals surface area contributed by atoms with Crippen molar-refractivity contribution >= 4 is 32.4 Å². The molecule has 1 aliphatic heterocycles. The second kappa shape index (κ2) is 9.60. The van der Waals surface area contributed by atoms with Crippen LogP contribution in [0.15, 0.2) is 54.5 Å². The Morgan fingerprint density at radius 3 is 2.38 bits per heavy atom. The van der Waals surface area contributed by atoms with E-state index in [1.165, 1.54) is 11.7 Å². The highest BCUT2D eigenvalue weighted by atomic mass is 32.2. The third-order valence-corrected chi connectivity index (χ3v) is 6.04. The first kappa shape index (κ1) is 23.6. The van der Waals surface area contributed by atoms with Gasteiger partial charge in [0.25, 0.3) is 15.8 Å². The van der Waals surface area contributed by atoms with Crippen LogP contribution in [-0.2, 0) is 10.2 Å². The maximum Gasteiger partial charge on any atom is 0.274 e. The molecule has 1 aromatic carbocycles. The first-order chi connectivity index (χ1) is 15.2. The zero-order valence-corrected chi connectivity index (χ0v) is 19.0. The number of ether oxygens (including phenoxy) is 2. The van der Waals surface area contributed by atoms with Gasteiger partial charge in [-0.15, -0.1) is 0 Å². The summed E-state index contributed by atoms with van der Waals surface area (Å²) < 4.78 is 36.8. The number of methoxy groups -OCH3 is 2. The topological polar surface area (TPSA) is 116 Å². The molecule has 0 aliphatic carbocycles. The van der Waals surface area contributed by atoms with E-state index in [4.69, 9.17) is 14.6 Å². The molecule has 10 heteroatoms. The molecule has 172 valence electrons. The largest absolute Gasteiger partial charge is 0.493 e. The van der Waals surface area contributed by atoms with Crippen LogP contribution < -0.4 is 29.8 Å². The fourth-order valence-electron chi connectivity index (χ4n) is 3.81. The van der Waals surface area contributed by atoms with Crippen LogP contribution in [0.1, 0.15) is 6.42 Å². The van der Waals surface area contributed by atoms with E-state index >= 15 is 0 Å². The second-order valence-corrected chi connectivity index (χ2v) is 8.85. The molecule has 1 aromatic heterocycles. The van der Waals surface area contributed by atoms with Crippen molar-refractivity contribution in [1.82, 2.24) is 9.29 Å². The van der Waals surface area contributed by atoms with E-state index in [1.54, 1.807) is 43.7 Å². The summed E-state index contributed by atoms with van der Waals surface area (Å²) >= 11 is 0. The van der Waals surface area contributed by atoms with Gasteiger partial charge in [0.1, 0.15) is 0 Å². The molecular weight excluding hydrogens is 432 g/mol. The Bertz CT molecular complexity index is 1230. The van der Waals surface area contributed by atoms with E-state index in [2.05, 4.69) is 22.8 Å². The first-order valence-electron chi connectivity index (χ1n) is 10.0. The van der Waals surface area contributed by atoms with Crippen LogP contribution in [0.25, 0.3) is 16.5 Å². The molecule has 3 N–H and O–H groups in total. The summed E-state index contributed by atoms with van der Waals surface area (Å²) in [7, 11) is -0.623. The second-order valence-electron chi connectivity index (χ2n) is 7.47. The molecule has 0 bridgehead atoms. The summed E-state index contributed by atoms with van der Waals surface area (Å²) in [4.78, 5) is 15.4. The van der Waals surface area contributed by atoms with Crippen LogP contribution >= 0.6 is 0 Å². The van der Waals surface area contributed by atoms with Gasteiger partial charge < -0.3 is 14.4 Å². The standard InChI is InChI=1S/C22H28N4O5S/c1-5-7-16(6-2)26-14-19(25-12-15(13-25)8-9-24-32(23,28)29)17-10-20(30-3)21(31-4)11-18(17)22(26)27/h5-7,10-11,14-15,24H,1-2,8-9,12-13H2,3-4H3,(H2,23,28,29)/b16-7+. The zero-order chi connectivity index (χ0) is 23.5. The number of hydrogen-bond donors (Lipinski definition) is 2. The first-order valence-corrected chi connectivity index (χ1v) is 11.6. The lowest BCUT2D eigenvalue weighted by molar-refractivity contribution is 0.355. The number of aromatic nitrogens is 1. The Morgan fingerprint density at radius 2 is 1.84 bits per heavy atom. The average Bonchev–Trinajstić information content (AvgIpc) is 2.73. The molecule has 0 unspecified atom stereocenters. The van der Waals surface area contributed by atoms with Gasteiger partial charge in [0.15, 0.2) is 11.5 Å². The number of pyridine rings is 1. The van der Waals surface area contributed by atoms with Gasteiger partial charge in [-0.3, -0.25) is 9.36 Å². The molecule has 3 rings (SSSR count). The Labute approximate surface area is 187 Å². The molecule has 0 radical (unpaired) electrons. The Morgan fingerprint density at radius 1 is 1.22 bits per heavy atom. The highest BCUT2D eigenvalue weighted by molar-refractivity contribution is 7.87. The van der Waals surface area contributed by atoms with Crippen molar-refractivity contribution < 1.29 is 17.9 Å². The SMILES string of the molecule is C=C/C=C(\C=C)n1cc(N2CC(CCNS(N)(=O)=O)C2)c2cc(OC)c(OC)cc2c1=O. The number of benzene rings is 1. The zero-order valence-electron chi connectivity index (χ0n) is 18.2. The minimum absolute atomic E-state index is 0.216. The summed E-state index contributed by atoms with van der Waals surface area (Å²) in [5.41, 5.74) is 1.23. The molecular formula is C22H28N4O5S. The normalized spacial score (nSPS) is 14.8. The molecule has 9 nitrogen and oxygen atoms in total. The summed E-state index contributed by atoms with van der Waals surface area (Å²) in [6.45, 7) is 9.23. The van der Waals surface area contributed by atoms with Gasteiger partial charge >= 0.3 is 0 Å². The van der Waals surface area contributed by atoms with Crippen LogP contribution in [0.3, 0.4) is 0 Å². The number of nitrogens with two attached hydrogens (primary N) is 1. The Kier molecular flexibility index (Phi) is 7.07. The molecule has 0 amide bonds. The highest BCUT2D eigenvalue weighted by Crippen LogP contribution is 2.38. The molecule has 32 heavy (non-hydrogen) atoms. The van der Waals surface area contributed by atoms with Crippen molar-refractivity contribution in [2.24, 2.45) is 11.1 Å². The van der Waals surface area contributed by atoms with E-state index in [0.29, 0.717) is 48.0 Å². The monoisotopic (exact) mass is 460 g/mol. The molecule has 1 aliphatic rings. The molecule has 2 heterocycles. The van der Waals surface area contributed by atoms with Crippen molar-refractivity contribution in [1.29, 1.82) is 0 Å². The van der Waals surface area contributed by atoms with E-state index < -0.39 is 10.2 Å². The predicted molar refractivity (Wildman–Crippen MR) is 127 cm³/mol. The average molecular weight is 461 g/mol. The van der Waals surface area contributed by atoms with Crippen LogP contribution in [0, 0.1) is 5.92 Å². The number of anilines is 1. The van der Waals surface area contributed by atoms with E-state index in [0.717, 1.165) is 11.1 Å². The Hall–Kier alpha value is -3.08. The highest BCUT2D eigenvalue weighted by Gasteiger charge is 2.29. The predicted octanol–water partition coefficient (Wildman–Crippen LogP) is 1.85. The third kappa shape index (κ3) is 4.87. The fourth-order valence-corrected chi connectivity index (χ4v) is 4.22. The minimum Gasteiger partial charge on any atom is -0.493 e. The van der Waals surface area contributed by atoms with Crippen molar-refractivity contribution in [2.45, 2.75) is 6.42 Å². The van der Waals surface area contributed by atoms with Crippen molar-refractivity contribution in [3.05, 3.63) is 60.1 Å². The van der Waals surface area contributed by atoms with Crippen molar-refractivity contribution in [2.75, 3.05) is 38.8 Å². The van der Waals surface area contributed by atoms with E-state index in [-0.39, 0.29) is 12.1 Å². The van der Waals surface area contributed by atoms with Gasteiger partial charge in [-0.25, -0.2) is 9.86 Å². The van der Waals surface area contributed by atoms with Gasteiger partial charge in [-0.05, 0) is 36.6 Å². The van der Waals surface area contributed by atoms with Gasteiger partial charge in [0.2, 0.25) is 0 Å². The summed E-state index contributed by atoms with van der Waals surface area (Å²) in [5, 5.41) is 6.21. The number of rotatable bonds is 10. The lowest BCUT2D eigenvalue weighted by Gasteiger charge is -2.42. The molecule has 2 aromatic rings. The molecule has 0 saturated carbocycles. The maximum atomic E-state index is 13.3. The number of nitrogens with one attached hydrogen (secondary N) is 1. The summed E-state index contributed by atoms with van der Waals surface area (Å²) in [5.74, 6) is 1.28. The number of nitrogens with zero attached hydrogens (tertiary/aromatic N) is 2. The number of allylic oxidation sites excluding steroid dienone is 4. The lowest BCUT2D eigenvalue weighted by Crippen LogP contribution is -2.48. The molecule has 1 saturated heterocycles. The number of hydrogen-bond acceptors (Lipinski definition) is 6. The van der Waals surface area contributed by atoms with Gasteiger partial charge in [0.05, 0.1) is 25.3 Å². The van der Waals surface area contributed by atoms with Crippen molar-refractivity contribution in [3.8, 4) is 11.5 Å². The van der Waals surface area contributed by atoms with E-state index in [1.807, 2.05) is 0 Å². The molecule has 0 spiro atoms. The van der Waals surface area contributed by atoms with Gasteiger partial charge in [-0.2, -0.15) is 8.42 Å². The Balaban J connectivity index is 2.03. The lowest BCUT2D eigenvalue weighted by atomic mass is 9.95. The quantitative estimate of drug-likeness (QED) is 0.523. The smallest absolute Gasteiger partial charge is 0.274 e. The van der Waals surface area contributed by atoms with E-state index in [9.17, 15) is 13.2 Å². The summed E-state index contributed by atoms with van der Waals surface area (Å²) in [6, 6.07) is 3.48. The molecule has 1 fully saturated rings. The van der Waals surface area contributed by atoms with Crippen LogP contribution in [0.4, 0.5) is 5.69 Å². The van der Waals surface area contributed by atoms with Crippen LogP contribution in [-0.4, -0.2) is 46.8 Å². The maximum absolute atomic E-state index is 13.3. The van der Waals surface area contributed by atoms with Gasteiger partial charge in [-0.1, -0.05) is 19.2 Å². The van der Waals surface area contributed by atoms with Crippen LogP contribution in [0.2, 0.25) is 0 Å². The number of fused-ring (bicyclic) bond motifs is 1. The van der Waals surface area contributed by atoms with Crippen LogP contribution in [0.5, 0.6) is 11.5 Å². The third-order valence-electron chi connectivity index (χ3n) is 5.43. The summed E-state index contributed by atoms with van der Waals surface area (Å²) in [6.07, 6.45) is 7.35. The fraction of sp³-hybridized carbons (Fsp3) is 0.318. The van der Waals surface area contributed by atoms with Gasteiger partial charge in [0, 0.05) is 36.9 Å². The van der Waals surface area contributed by atoms with Crippen molar-refractivity contribution in [3.63, 3.8) is 0 Å². The molecule has 0 atom stereocenters. The minimum atomic E-state index is -3.69.